The van der Waals surface area contributed by atoms with Gasteiger partial charge in [-0.05, 0) is 92.4 Å². The molecule has 2 heterocycles. The van der Waals surface area contributed by atoms with Gasteiger partial charge in [0.05, 0.1) is 18.3 Å². The van der Waals surface area contributed by atoms with E-state index in [4.69, 9.17) is 14.2 Å². The van der Waals surface area contributed by atoms with Crippen molar-refractivity contribution in [3.8, 4) is 0 Å². The number of rotatable bonds is 4. The lowest BCUT2D eigenvalue weighted by molar-refractivity contribution is -0.317. The maximum atomic E-state index is 12.4. The second-order valence-electron chi connectivity index (χ2n) is 13.5. The maximum Gasteiger partial charge on any atom is 0.331 e. The van der Waals surface area contributed by atoms with E-state index in [0.717, 1.165) is 63.4 Å². The Morgan fingerprint density at radius 3 is 2.47 bits per heavy atom. The minimum absolute atomic E-state index is 0.0823. The first-order valence-electron chi connectivity index (χ1n) is 14.6. The van der Waals surface area contributed by atoms with Crippen LogP contribution in [0.15, 0.2) is 11.6 Å². The molecule has 4 saturated carbocycles. The zero-order chi connectivity index (χ0) is 27.0. The SMILES string of the molecule is C[C@]12CC[C@H](O[C@H]3O[C@H](CO)[C@@H](O)[C@H](O)[C@H]3O)C[C@H]1CC[C@@H]1[C@@H]2CC[C@]2(C)[C@@H](C3=CC(=O)OC3)CC[C@]12O. The molecule has 2 aliphatic heterocycles. The Hall–Kier alpha value is -1.07. The largest absolute Gasteiger partial charge is 0.458 e. The summed E-state index contributed by atoms with van der Waals surface area (Å²) >= 11 is 0. The standard InChI is InChI=1S/C29H44O9/c1-27-8-5-17(37-26-25(34)24(33)23(32)21(13-30)38-26)12-16(27)3-4-20-19(27)6-9-28(2)18(7-10-29(20,28)35)15-11-22(31)36-14-15/h11,16-21,23-26,30,32-35H,3-10,12-14H2,1-2H3/t16-,17+,18-,19+,20-,21-,23-,24+,25-,26+,27+,28-,29+/m1/s1. The van der Waals surface area contributed by atoms with Crippen LogP contribution in [0, 0.1) is 34.5 Å². The summed E-state index contributed by atoms with van der Waals surface area (Å²) in [5.41, 5.74) is 0.141. The van der Waals surface area contributed by atoms with E-state index in [2.05, 4.69) is 13.8 Å². The summed E-state index contributed by atoms with van der Waals surface area (Å²) in [6.45, 7) is 4.52. The van der Waals surface area contributed by atoms with E-state index in [0.29, 0.717) is 18.4 Å². The van der Waals surface area contributed by atoms with E-state index in [9.17, 15) is 30.3 Å². The second-order valence-corrected chi connectivity index (χ2v) is 13.5. The molecule has 0 aromatic heterocycles. The van der Waals surface area contributed by atoms with Crippen LogP contribution in [0.25, 0.3) is 0 Å². The zero-order valence-electron chi connectivity index (χ0n) is 22.5. The molecule has 9 nitrogen and oxygen atoms in total. The van der Waals surface area contributed by atoms with Crippen LogP contribution in [0.2, 0.25) is 0 Å². The fourth-order valence-corrected chi connectivity index (χ4v) is 9.86. The lowest BCUT2D eigenvalue weighted by Gasteiger charge is -2.64. The van der Waals surface area contributed by atoms with Gasteiger partial charge < -0.3 is 39.7 Å². The van der Waals surface area contributed by atoms with Gasteiger partial charge in [0.25, 0.3) is 0 Å². The van der Waals surface area contributed by atoms with Crippen LogP contribution in [-0.2, 0) is 19.0 Å². The number of hydrogen-bond donors (Lipinski definition) is 5. The summed E-state index contributed by atoms with van der Waals surface area (Å²) in [5, 5.41) is 52.6. The smallest absolute Gasteiger partial charge is 0.331 e. The summed E-state index contributed by atoms with van der Waals surface area (Å²) in [4.78, 5) is 11.8. The van der Waals surface area contributed by atoms with Gasteiger partial charge in [-0.3, -0.25) is 0 Å². The highest BCUT2D eigenvalue weighted by Gasteiger charge is 2.67. The van der Waals surface area contributed by atoms with E-state index < -0.39 is 42.9 Å². The molecule has 0 bridgehead atoms. The number of carbonyl (C=O) groups is 1. The number of carbonyl (C=O) groups excluding carboxylic acids is 1. The molecule has 0 radical (unpaired) electrons. The van der Waals surface area contributed by atoms with Crippen molar-refractivity contribution in [2.45, 2.75) is 114 Å². The summed E-state index contributed by atoms with van der Waals surface area (Å²) in [6.07, 6.45) is 3.41. The molecule has 6 aliphatic rings. The van der Waals surface area contributed by atoms with Gasteiger partial charge in [-0.25, -0.2) is 4.79 Å². The number of hydrogen-bond acceptors (Lipinski definition) is 9. The van der Waals surface area contributed by atoms with Crippen molar-refractivity contribution in [3.05, 3.63) is 11.6 Å². The molecule has 0 amide bonds. The van der Waals surface area contributed by atoms with Crippen LogP contribution in [0.4, 0.5) is 0 Å². The van der Waals surface area contributed by atoms with E-state index >= 15 is 0 Å². The summed E-state index contributed by atoms with van der Waals surface area (Å²) in [5.74, 6) is 0.994. The van der Waals surface area contributed by atoms with Crippen molar-refractivity contribution in [2.24, 2.45) is 34.5 Å². The first-order valence-corrected chi connectivity index (χ1v) is 14.6. The van der Waals surface area contributed by atoms with Crippen LogP contribution in [0.3, 0.4) is 0 Å². The molecule has 5 N–H and O–H groups in total. The zero-order valence-corrected chi connectivity index (χ0v) is 22.5. The Kier molecular flexibility index (Phi) is 6.78. The van der Waals surface area contributed by atoms with E-state index in [1.54, 1.807) is 6.08 Å². The molecule has 1 saturated heterocycles. The molecule has 5 fully saturated rings. The number of esters is 1. The molecule has 0 unspecified atom stereocenters. The average molecular weight is 537 g/mol. The van der Waals surface area contributed by atoms with Crippen LogP contribution >= 0.6 is 0 Å². The number of fused-ring (bicyclic) bond motifs is 5. The Morgan fingerprint density at radius 2 is 1.76 bits per heavy atom. The Labute approximate surface area is 224 Å². The minimum Gasteiger partial charge on any atom is -0.458 e. The molecule has 13 atom stereocenters. The van der Waals surface area contributed by atoms with Crippen molar-refractivity contribution >= 4 is 5.97 Å². The number of cyclic esters (lactones) is 1. The number of aliphatic hydroxyl groups excluding tert-OH is 4. The topological polar surface area (TPSA) is 146 Å². The third-order valence-corrected chi connectivity index (χ3v) is 12.1. The Morgan fingerprint density at radius 1 is 0.974 bits per heavy atom. The minimum atomic E-state index is -1.44. The predicted octanol–water partition coefficient (Wildman–Crippen LogP) is 1.43. The van der Waals surface area contributed by atoms with Crippen LogP contribution in [0.5, 0.6) is 0 Å². The van der Waals surface area contributed by atoms with Gasteiger partial charge >= 0.3 is 5.97 Å². The molecule has 0 aromatic carbocycles. The molecule has 0 spiro atoms. The van der Waals surface area contributed by atoms with Crippen LogP contribution in [-0.4, -0.2) is 87.1 Å². The Bertz CT molecular complexity index is 968. The van der Waals surface area contributed by atoms with Crippen molar-refractivity contribution in [1.29, 1.82) is 0 Å². The Balaban J connectivity index is 1.15. The quantitative estimate of drug-likeness (QED) is 0.266. The van der Waals surface area contributed by atoms with Gasteiger partial charge in [-0.15, -0.1) is 0 Å². The van der Waals surface area contributed by atoms with Gasteiger partial charge in [0.2, 0.25) is 0 Å². The third-order valence-electron chi connectivity index (χ3n) is 12.1. The van der Waals surface area contributed by atoms with Crippen LogP contribution < -0.4 is 0 Å². The van der Waals surface area contributed by atoms with Gasteiger partial charge in [0.15, 0.2) is 6.29 Å². The second kappa shape index (κ2) is 9.50. The fraction of sp³-hybridized carbons (Fsp3) is 0.897. The normalized spacial score (nSPS) is 54.5. The molecular formula is C29H44O9. The number of ether oxygens (including phenoxy) is 3. The highest BCUT2D eigenvalue weighted by molar-refractivity contribution is 5.85. The summed E-state index contributed by atoms with van der Waals surface area (Å²) in [6, 6.07) is 0. The van der Waals surface area contributed by atoms with Gasteiger partial charge in [-0.2, -0.15) is 0 Å². The first kappa shape index (κ1) is 27.1. The number of aliphatic hydroxyl groups is 5. The van der Waals surface area contributed by atoms with E-state index in [1.807, 2.05) is 0 Å². The molecule has 9 heteroatoms. The van der Waals surface area contributed by atoms with Crippen molar-refractivity contribution in [3.63, 3.8) is 0 Å². The van der Waals surface area contributed by atoms with Crippen molar-refractivity contribution in [2.75, 3.05) is 13.2 Å². The monoisotopic (exact) mass is 536 g/mol. The summed E-state index contributed by atoms with van der Waals surface area (Å²) < 4.78 is 17.0. The fourth-order valence-electron chi connectivity index (χ4n) is 9.86. The third kappa shape index (κ3) is 3.87. The van der Waals surface area contributed by atoms with Crippen LogP contribution in [0.1, 0.15) is 71.6 Å². The lowest BCUT2D eigenvalue weighted by atomic mass is 9.43. The highest BCUT2D eigenvalue weighted by atomic mass is 16.7. The van der Waals surface area contributed by atoms with Gasteiger partial charge in [0, 0.05) is 11.5 Å². The molecule has 214 valence electrons. The first-order chi connectivity index (χ1) is 18.0. The van der Waals surface area contributed by atoms with Gasteiger partial charge in [-0.1, -0.05) is 13.8 Å². The van der Waals surface area contributed by atoms with Crippen molar-refractivity contribution in [1.82, 2.24) is 0 Å². The predicted molar refractivity (Wildman–Crippen MR) is 134 cm³/mol. The van der Waals surface area contributed by atoms with Gasteiger partial charge in [0.1, 0.15) is 31.0 Å². The van der Waals surface area contributed by atoms with E-state index in [-0.39, 0.29) is 34.7 Å². The van der Waals surface area contributed by atoms with E-state index in [1.165, 1.54) is 0 Å². The summed E-state index contributed by atoms with van der Waals surface area (Å²) in [7, 11) is 0. The molecule has 6 rings (SSSR count). The lowest BCUT2D eigenvalue weighted by Crippen LogP contribution is -2.63. The maximum absolute atomic E-state index is 12.4. The average Bonchev–Trinajstić information content (AvgIpc) is 3.44. The molecule has 38 heavy (non-hydrogen) atoms. The van der Waals surface area contributed by atoms with Crippen molar-refractivity contribution < 1.29 is 44.5 Å². The molecule has 4 aliphatic carbocycles. The molecular weight excluding hydrogens is 492 g/mol. The highest BCUT2D eigenvalue weighted by Crippen LogP contribution is 2.70. The molecule has 0 aromatic rings.